The lowest BCUT2D eigenvalue weighted by atomic mass is 10.1. The zero-order valence-corrected chi connectivity index (χ0v) is 21.3. The fourth-order valence-corrected chi connectivity index (χ4v) is 4.15. The van der Waals surface area contributed by atoms with Crippen molar-refractivity contribution in [3.05, 3.63) is 178 Å². The van der Waals surface area contributed by atoms with Crippen molar-refractivity contribution in [2.45, 2.75) is 0 Å². The summed E-state index contributed by atoms with van der Waals surface area (Å²) in [5.74, 6) is 0. The van der Waals surface area contributed by atoms with E-state index in [0.29, 0.717) is 0 Å². The first-order valence-electron chi connectivity index (χ1n) is 12.9. The molecular formula is C38H30. The highest BCUT2D eigenvalue weighted by Gasteiger charge is 1.94. The molecule has 0 atom stereocenters. The van der Waals surface area contributed by atoms with Crippen LogP contribution in [0.25, 0.3) is 48.6 Å². The molecule has 0 aliphatic rings. The van der Waals surface area contributed by atoms with Gasteiger partial charge in [0.05, 0.1) is 0 Å². The minimum atomic E-state index is 1.18. The summed E-state index contributed by atoms with van der Waals surface area (Å²) >= 11 is 0. The minimum Gasteiger partial charge on any atom is -0.0622 e. The molecule has 0 aliphatic heterocycles. The van der Waals surface area contributed by atoms with Gasteiger partial charge in [0.2, 0.25) is 0 Å². The smallest absolute Gasteiger partial charge is 0.0251 e. The van der Waals surface area contributed by atoms with E-state index in [4.69, 9.17) is 0 Å². The summed E-state index contributed by atoms with van der Waals surface area (Å²) in [5.41, 5.74) is 9.52. The molecule has 0 radical (unpaired) electrons. The van der Waals surface area contributed by atoms with E-state index in [-0.39, 0.29) is 0 Å². The molecule has 0 N–H and O–H groups in total. The van der Waals surface area contributed by atoms with Gasteiger partial charge in [-0.15, -0.1) is 0 Å². The molecule has 0 saturated heterocycles. The molecule has 0 aromatic heterocycles. The van der Waals surface area contributed by atoms with Crippen LogP contribution in [-0.2, 0) is 0 Å². The van der Waals surface area contributed by atoms with Gasteiger partial charge in [-0.1, -0.05) is 170 Å². The second kappa shape index (κ2) is 12.9. The lowest BCUT2D eigenvalue weighted by Gasteiger charge is -2.00. The molecule has 0 heteroatoms. The van der Waals surface area contributed by atoms with E-state index in [1.54, 1.807) is 0 Å². The first-order valence-corrected chi connectivity index (χ1v) is 12.9. The quantitative estimate of drug-likeness (QED) is 0.191. The van der Waals surface area contributed by atoms with Crippen LogP contribution in [-0.4, -0.2) is 0 Å². The summed E-state index contributed by atoms with van der Waals surface area (Å²) in [6.07, 6.45) is 17.3. The zero-order valence-electron chi connectivity index (χ0n) is 21.3. The van der Waals surface area contributed by atoms with E-state index in [2.05, 4.69) is 170 Å². The molecule has 38 heavy (non-hydrogen) atoms. The Kier molecular flexibility index (Phi) is 8.37. The van der Waals surface area contributed by atoms with Crippen molar-refractivity contribution < 1.29 is 0 Å². The van der Waals surface area contributed by atoms with E-state index in [9.17, 15) is 0 Å². The maximum absolute atomic E-state index is 2.20. The van der Waals surface area contributed by atoms with Crippen molar-refractivity contribution in [2.24, 2.45) is 0 Å². The molecule has 5 aromatic carbocycles. The number of rotatable bonds is 8. The van der Waals surface area contributed by atoms with Crippen LogP contribution in [0.2, 0.25) is 0 Å². The third-order valence-corrected chi connectivity index (χ3v) is 6.23. The highest BCUT2D eigenvalue weighted by Crippen LogP contribution is 2.16. The molecule has 0 bridgehead atoms. The van der Waals surface area contributed by atoms with Gasteiger partial charge in [0.15, 0.2) is 0 Å². The number of hydrogen-bond acceptors (Lipinski definition) is 0. The van der Waals surface area contributed by atoms with Crippen molar-refractivity contribution in [1.29, 1.82) is 0 Å². The average Bonchev–Trinajstić information content (AvgIpc) is 2.99. The van der Waals surface area contributed by atoms with Gasteiger partial charge in [-0.05, 0) is 56.6 Å². The van der Waals surface area contributed by atoms with Crippen molar-refractivity contribution in [2.75, 3.05) is 0 Å². The lowest BCUT2D eigenvalue weighted by molar-refractivity contribution is 1.60. The standard InChI is InChI=1S/C38H30/c1-3-9-31(10-4-1)21-25-35-13-7-15-37(29-35)27-23-33-17-19-34(20-18-33)24-28-38-16-8-14-36(30-38)26-22-32-11-5-2-6-12-32/h1-30H. The SMILES string of the molecule is C(=Cc1cccc(C=Cc2ccc(C=Cc3cccc(C=Cc4ccccc4)c3)cc2)c1)c1ccccc1. The van der Waals surface area contributed by atoms with Crippen LogP contribution in [0.4, 0.5) is 0 Å². The Morgan fingerprint density at radius 2 is 0.447 bits per heavy atom. The van der Waals surface area contributed by atoms with E-state index in [0.717, 1.165) is 0 Å². The molecule has 182 valence electrons. The zero-order chi connectivity index (χ0) is 25.8. The lowest BCUT2D eigenvalue weighted by Crippen LogP contribution is -1.78. The van der Waals surface area contributed by atoms with E-state index < -0.39 is 0 Å². The molecular weight excluding hydrogens is 456 g/mol. The predicted molar refractivity (Wildman–Crippen MR) is 168 cm³/mol. The van der Waals surface area contributed by atoms with Crippen molar-refractivity contribution >= 4 is 48.6 Å². The normalized spacial score (nSPS) is 11.8. The van der Waals surface area contributed by atoms with Gasteiger partial charge in [-0.2, -0.15) is 0 Å². The third kappa shape index (κ3) is 7.53. The Labute approximate surface area is 226 Å². The fourth-order valence-electron chi connectivity index (χ4n) is 4.15. The van der Waals surface area contributed by atoms with Gasteiger partial charge in [0.1, 0.15) is 0 Å². The van der Waals surface area contributed by atoms with Crippen LogP contribution >= 0.6 is 0 Å². The maximum atomic E-state index is 2.20. The minimum absolute atomic E-state index is 1.18. The topological polar surface area (TPSA) is 0 Å². The van der Waals surface area contributed by atoms with Crippen LogP contribution in [0.3, 0.4) is 0 Å². The highest BCUT2D eigenvalue weighted by atomic mass is 14.0. The average molecular weight is 487 g/mol. The molecule has 0 saturated carbocycles. The summed E-state index contributed by atoms with van der Waals surface area (Å²) in [7, 11) is 0. The van der Waals surface area contributed by atoms with Gasteiger partial charge < -0.3 is 0 Å². The predicted octanol–water partition coefficient (Wildman–Crippen LogP) is 10.4. The van der Waals surface area contributed by atoms with E-state index >= 15 is 0 Å². The fraction of sp³-hybridized carbons (Fsp3) is 0. The Balaban J connectivity index is 1.20. The van der Waals surface area contributed by atoms with Gasteiger partial charge >= 0.3 is 0 Å². The molecule has 5 rings (SSSR count). The van der Waals surface area contributed by atoms with E-state index in [1.165, 1.54) is 44.5 Å². The first kappa shape index (κ1) is 24.7. The Hall–Kier alpha value is -4.94. The van der Waals surface area contributed by atoms with Crippen molar-refractivity contribution in [3.8, 4) is 0 Å². The van der Waals surface area contributed by atoms with Gasteiger partial charge in [-0.25, -0.2) is 0 Å². The maximum Gasteiger partial charge on any atom is -0.0251 e. The number of benzene rings is 5. The second-order valence-corrected chi connectivity index (χ2v) is 9.16. The van der Waals surface area contributed by atoms with Crippen LogP contribution < -0.4 is 0 Å². The molecule has 0 nitrogen and oxygen atoms in total. The van der Waals surface area contributed by atoms with E-state index in [1.807, 2.05) is 12.1 Å². The number of hydrogen-bond donors (Lipinski definition) is 0. The van der Waals surface area contributed by atoms with Crippen LogP contribution in [0, 0.1) is 0 Å². The first-order chi connectivity index (χ1) is 18.8. The monoisotopic (exact) mass is 486 g/mol. The summed E-state index contributed by atoms with van der Waals surface area (Å²) in [6, 6.07) is 46.6. The summed E-state index contributed by atoms with van der Waals surface area (Å²) in [4.78, 5) is 0. The molecule has 0 heterocycles. The summed E-state index contributed by atoms with van der Waals surface area (Å²) in [5, 5.41) is 0. The van der Waals surface area contributed by atoms with Gasteiger partial charge in [-0.3, -0.25) is 0 Å². The Bertz CT molecular complexity index is 1440. The van der Waals surface area contributed by atoms with Crippen LogP contribution in [0.5, 0.6) is 0 Å². The summed E-state index contributed by atoms with van der Waals surface area (Å²) in [6.45, 7) is 0. The molecule has 5 aromatic rings. The van der Waals surface area contributed by atoms with Crippen LogP contribution in [0.1, 0.15) is 44.5 Å². The molecule has 0 spiro atoms. The summed E-state index contributed by atoms with van der Waals surface area (Å²) < 4.78 is 0. The van der Waals surface area contributed by atoms with Crippen LogP contribution in [0.15, 0.2) is 133 Å². The second-order valence-electron chi connectivity index (χ2n) is 9.16. The Morgan fingerprint density at radius 3 is 0.763 bits per heavy atom. The molecule has 0 unspecified atom stereocenters. The molecule has 0 fully saturated rings. The molecule has 0 aliphatic carbocycles. The largest absolute Gasteiger partial charge is 0.0622 e. The molecule has 0 amide bonds. The van der Waals surface area contributed by atoms with Gasteiger partial charge in [0.25, 0.3) is 0 Å². The highest BCUT2D eigenvalue weighted by molar-refractivity contribution is 5.76. The van der Waals surface area contributed by atoms with Crippen molar-refractivity contribution in [1.82, 2.24) is 0 Å². The van der Waals surface area contributed by atoms with Gasteiger partial charge in [0, 0.05) is 0 Å². The Morgan fingerprint density at radius 1 is 0.211 bits per heavy atom. The third-order valence-electron chi connectivity index (χ3n) is 6.23. The van der Waals surface area contributed by atoms with Crippen molar-refractivity contribution in [3.63, 3.8) is 0 Å².